The van der Waals surface area contributed by atoms with Gasteiger partial charge in [0.25, 0.3) is 10.1 Å². The normalized spacial score (nSPS) is 49.9. The van der Waals surface area contributed by atoms with Crippen molar-refractivity contribution in [3.63, 3.8) is 0 Å². The minimum Gasteiger partial charge on any atom is -0.393 e. The molecule has 0 aromatic heterocycles. The second-order valence-corrected chi connectivity index (χ2v) is 15.0. The minimum absolute atomic E-state index is 0.0454. The Balaban J connectivity index is 1.25. The maximum absolute atomic E-state index is 12.6. The Kier molecular flexibility index (Phi) is 6.63. The molecule has 0 saturated heterocycles. The van der Waals surface area contributed by atoms with Crippen molar-refractivity contribution in [2.24, 2.45) is 58.2 Å². The van der Waals surface area contributed by atoms with E-state index < -0.39 is 15.9 Å². The zero-order valence-corrected chi connectivity index (χ0v) is 22.3. The van der Waals surface area contributed by atoms with E-state index in [-0.39, 0.29) is 41.4 Å². The fraction of sp³-hybridized carbons (Fsp3) is 0.963. The van der Waals surface area contributed by atoms with E-state index in [1.807, 2.05) is 0 Å². The summed E-state index contributed by atoms with van der Waals surface area (Å²) in [6.07, 6.45) is 8.67. The van der Waals surface area contributed by atoms with Gasteiger partial charge in [-0.25, -0.2) is 0 Å². The zero-order valence-electron chi connectivity index (χ0n) is 21.5. The standard InChI is InChI=1S/C27H45NO6S/c1-15(18-14-19(18)25(31)28-10-11-35(32,33)34)20-4-5-21-24-22(7-9-27(20,21)3)26(2)8-6-17(29)12-16(26)13-23(24)30/h15-24,29-30H,4-14H2,1-3H3,(H,28,31)(H,32,33,34)/t15-,16?,17?,18?,19?,20-,21+,22+,23?,24+,26+,27-/m1/s1. The van der Waals surface area contributed by atoms with Crippen LogP contribution in [0.1, 0.15) is 78.6 Å². The van der Waals surface area contributed by atoms with Gasteiger partial charge in [-0.1, -0.05) is 20.8 Å². The number of carbonyl (C=O) groups excluding carboxylic acids is 1. The Morgan fingerprint density at radius 2 is 1.69 bits per heavy atom. The lowest BCUT2D eigenvalue weighted by molar-refractivity contribution is -0.174. The van der Waals surface area contributed by atoms with Gasteiger partial charge in [-0.15, -0.1) is 0 Å². The molecule has 200 valence electrons. The van der Waals surface area contributed by atoms with Crippen LogP contribution in [-0.4, -0.2) is 53.6 Å². The molecule has 0 aromatic rings. The van der Waals surface area contributed by atoms with Crippen molar-refractivity contribution in [3.05, 3.63) is 0 Å². The monoisotopic (exact) mass is 511 g/mol. The van der Waals surface area contributed by atoms with Crippen LogP contribution in [0, 0.1) is 58.2 Å². The maximum atomic E-state index is 12.6. The van der Waals surface area contributed by atoms with Crippen LogP contribution >= 0.6 is 0 Å². The molecule has 5 unspecified atom stereocenters. The molecule has 5 aliphatic carbocycles. The Hall–Kier alpha value is -0.700. The number of carbonyl (C=O) groups is 1. The Bertz CT molecular complexity index is 940. The largest absolute Gasteiger partial charge is 0.393 e. The maximum Gasteiger partial charge on any atom is 0.266 e. The smallest absolute Gasteiger partial charge is 0.266 e. The molecule has 12 atom stereocenters. The van der Waals surface area contributed by atoms with Gasteiger partial charge < -0.3 is 15.5 Å². The SMILES string of the molecule is C[C@H](C1CC1C(=O)NCCS(=O)(=O)O)[C@H]1CC[C@H]2[C@@H]3C(O)CC4CC(O)CC[C@]4(C)[C@H]3CC[C@]12C. The van der Waals surface area contributed by atoms with E-state index in [1.54, 1.807) is 0 Å². The van der Waals surface area contributed by atoms with Gasteiger partial charge in [0.15, 0.2) is 0 Å². The van der Waals surface area contributed by atoms with Gasteiger partial charge in [-0.05, 0) is 110 Å². The summed E-state index contributed by atoms with van der Waals surface area (Å²) in [5.74, 6) is 2.54. The predicted octanol–water partition coefficient (Wildman–Crippen LogP) is 3.25. The third kappa shape index (κ3) is 4.48. The van der Waals surface area contributed by atoms with Crippen LogP contribution in [0.4, 0.5) is 0 Å². The van der Waals surface area contributed by atoms with E-state index >= 15 is 0 Å². The fourth-order valence-corrected chi connectivity index (χ4v) is 10.3. The zero-order chi connectivity index (χ0) is 25.3. The topological polar surface area (TPSA) is 124 Å². The molecule has 0 aliphatic heterocycles. The van der Waals surface area contributed by atoms with Gasteiger partial charge in [0.05, 0.1) is 18.0 Å². The number of aliphatic hydroxyl groups is 2. The summed E-state index contributed by atoms with van der Waals surface area (Å²) < 4.78 is 30.7. The molecular weight excluding hydrogens is 466 g/mol. The Morgan fingerprint density at radius 3 is 2.40 bits per heavy atom. The van der Waals surface area contributed by atoms with Crippen molar-refractivity contribution in [3.8, 4) is 0 Å². The lowest BCUT2D eigenvalue weighted by Crippen LogP contribution is -2.58. The van der Waals surface area contributed by atoms with E-state index in [9.17, 15) is 23.4 Å². The molecule has 8 heteroatoms. The highest BCUT2D eigenvalue weighted by molar-refractivity contribution is 7.85. The van der Waals surface area contributed by atoms with Crippen molar-refractivity contribution in [1.82, 2.24) is 5.32 Å². The van der Waals surface area contributed by atoms with Crippen LogP contribution in [-0.2, 0) is 14.9 Å². The van der Waals surface area contributed by atoms with Gasteiger partial charge >= 0.3 is 0 Å². The molecule has 0 radical (unpaired) electrons. The molecule has 5 saturated carbocycles. The van der Waals surface area contributed by atoms with Crippen molar-refractivity contribution in [2.45, 2.75) is 90.8 Å². The van der Waals surface area contributed by atoms with E-state index in [1.165, 1.54) is 6.42 Å². The number of aliphatic hydroxyl groups excluding tert-OH is 2. The number of nitrogens with one attached hydrogen (secondary N) is 1. The van der Waals surface area contributed by atoms with Crippen LogP contribution in [0.2, 0.25) is 0 Å². The van der Waals surface area contributed by atoms with Crippen LogP contribution in [0.5, 0.6) is 0 Å². The first-order chi connectivity index (χ1) is 16.3. The molecule has 4 N–H and O–H groups in total. The second-order valence-electron chi connectivity index (χ2n) is 13.4. The summed E-state index contributed by atoms with van der Waals surface area (Å²) in [7, 11) is -4.07. The molecular formula is C27H45NO6S. The third-order valence-corrected chi connectivity index (χ3v) is 12.6. The van der Waals surface area contributed by atoms with Crippen molar-refractivity contribution in [2.75, 3.05) is 12.3 Å². The average Bonchev–Trinajstić information content (AvgIpc) is 3.49. The minimum atomic E-state index is -4.07. The van der Waals surface area contributed by atoms with Crippen LogP contribution in [0.3, 0.4) is 0 Å². The summed E-state index contributed by atoms with van der Waals surface area (Å²) in [5.41, 5.74) is 0.420. The number of fused-ring (bicyclic) bond motifs is 5. The van der Waals surface area contributed by atoms with Crippen LogP contribution < -0.4 is 5.32 Å². The molecule has 0 aromatic carbocycles. The van der Waals surface area contributed by atoms with Crippen molar-refractivity contribution < 1.29 is 28.0 Å². The lowest BCUT2D eigenvalue weighted by Gasteiger charge is -2.62. The molecule has 35 heavy (non-hydrogen) atoms. The van der Waals surface area contributed by atoms with Crippen molar-refractivity contribution in [1.29, 1.82) is 0 Å². The van der Waals surface area contributed by atoms with E-state index in [4.69, 9.17) is 4.55 Å². The highest BCUT2D eigenvalue weighted by Crippen LogP contribution is 2.69. The molecule has 1 amide bonds. The summed E-state index contributed by atoms with van der Waals surface area (Å²) in [6, 6.07) is 0. The second kappa shape index (κ2) is 8.95. The van der Waals surface area contributed by atoms with Gasteiger partial charge in [0, 0.05) is 12.5 Å². The van der Waals surface area contributed by atoms with Crippen LogP contribution in [0.25, 0.3) is 0 Å². The Morgan fingerprint density at radius 1 is 1.00 bits per heavy atom. The summed E-state index contributed by atoms with van der Waals surface area (Å²) >= 11 is 0. The quantitative estimate of drug-likeness (QED) is 0.406. The fourth-order valence-electron chi connectivity index (χ4n) is 9.93. The van der Waals surface area contributed by atoms with Crippen molar-refractivity contribution >= 4 is 16.0 Å². The molecule has 0 bridgehead atoms. The lowest BCUT2D eigenvalue weighted by atomic mass is 9.43. The third-order valence-electron chi connectivity index (χ3n) is 11.9. The van der Waals surface area contributed by atoms with Crippen LogP contribution in [0.15, 0.2) is 0 Å². The summed E-state index contributed by atoms with van der Waals surface area (Å²) in [5, 5.41) is 24.4. The first kappa shape index (κ1) is 25.9. The first-order valence-corrected chi connectivity index (χ1v) is 15.5. The molecule has 0 heterocycles. The molecule has 7 nitrogen and oxygen atoms in total. The van der Waals surface area contributed by atoms with Gasteiger partial charge in [0.1, 0.15) is 0 Å². The highest BCUT2D eigenvalue weighted by atomic mass is 32.2. The van der Waals surface area contributed by atoms with Gasteiger partial charge in [0.2, 0.25) is 5.91 Å². The van der Waals surface area contributed by atoms with E-state index in [0.717, 1.165) is 51.4 Å². The number of hydrogen-bond donors (Lipinski definition) is 4. The van der Waals surface area contributed by atoms with E-state index in [0.29, 0.717) is 41.4 Å². The summed E-state index contributed by atoms with van der Waals surface area (Å²) in [4.78, 5) is 12.6. The summed E-state index contributed by atoms with van der Waals surface area (Å²) in [6.45, 7) is 7.16. The first-order valence-electron chi connectivity index (χ1n) is 13.9. The molecule has 5 rings (SSSR count). The number of rotatable bonds is 6. The highest BCUT2D eigenvalue weighted by Gasteiger charge is 2.64. The molecule has 5 fully saturated rings. The Labute approximate surface area is 210 Å². The average molecular weight is 512 g/mol. The number of hydrogen-bond acceptors (Lipinski definition) is 5. The number of amides is 1. The molecule has 0 spiro atoms. The van der Waals surface area contributed by atoms with Gasteiger partial charge in [-0.2, -0.15) is 8.42 Å². The predicted molar refractivity (Wildman–Crippen MR) is 133 cm³/mol. The van der Waals surface area contributed by atoms with E-state index in [2.05, 4.69) is 26.1 Å². The van der Waals surface area contributed by atoms with Gasteiger partial charge in [-0.3, -0.25) is 9.35 Å². The molecule has 5 aliphatic rings.